The Morgan fingerprint density at radius 2 is 1.78 bits per heavy atom. The molecule has 102 valence electrons. The van der Waals surface area contributed by atoms with Crippen molar-refractivity contribution in [3.8, 4) is 0 Å². The van der Waals surface area contributed by atoms with Gasteiger partial charge in [-0.1, -0.05) is 50.3 Å². The van der Waals surface area contributed by atoms with Gasteiger partial charge in [-0.3, -0.25) is 0 Å². The number of unbranched alkanes of at least 4 members (excludes halogenated alkanes) is 3. The normalized spacial score (nSPS) is 12.7. The molecule has 18 heavy (non-hydrogen) atoms. The van der Waals surface area contributed by atoms with Crippen LogP contribution in [0, 0.1) is 13.8 Å². The molecule has 0 fully saturated rings. The molecule has 0 bridgehead atoms. The van der Waals surface area contributed by atoms with Gasteiger partial charge in [-0.2, -0.15) is 0 Å². The predicted molar refractivity (Wildman–Crippen MR) is 81.5 cm³/mol. The number of nitrogens with one attached hydrogen (secondary N) is 1. The molecule has 1 aromatic rings. The minimum absolute atomic E-state index is 0.383. The van der Waals surface area contributed by atoms with E-state index in [2.05, 4.69) is 38.2 Å². The number of halogens is 1. The van der Waals surface area contributed by atoms with Gasteiger partial charge in [-0.25, -0.2) is 0 Å². The van der Waals surface area contributed by atoms with Gasteiger partial charge < -0.3 is 5.32 Å². The third kappa shape index (κ3) is 4.29. The van der Waals surface area contributed by atoms with E-state index >= 15 is 0 Å². The molecule has 1 atom stereocenters. The molecule has 1 unspecified atom stereocenters. The molecule has 0 amide bonds. The maximum absolute atomic E-state index is 6.38. The molecule has 2 heteroatoms. The Labute approximate surface area is 117 Å². The van der Waals surface area contributed by atoms with Gasteiger partial charge in [0.25, 0.3) is 0 Å². The fourth-order valence-corrected chi connectivity index (χ4v) is 2.65. The first-order valence-corrected chi connectivity index (χ1v) is 7.41. The van der Waals surface area contributed by atoms with Crippen LogP contribution in [0.15, 0.2) is 12.1 Å². The van der Waals surface area contributed by atoms with Gasteiger partial charge in [0, 0.05) is 11.1 Å². The van der Waals surface area contributed by atoms with E-state index in [9.17, 15) is 0 Å². The second kappa shape index (κ2) is 7.81. The Morgan fingerprint density at radius 3 is 2.39 bits per heavy atom. The Hall–Kier alpha value is -0.530. The average Bonchev–Trinajstić information content (AvgIpc) is 2.35. The van der Waals surface area contributed by atoms with Crippen LogP contribution in [0.3, 0.4) is 0 Å². The van der Waals surface area contributed by atoms with Gasteiger partial charge in [0.1, 0.15) is 0 Å². The van der Waals surface area contributed by atoms with Crippen molar-refractivity contribution in [2.24, 2.45) is 0 Å². The summed E-state index contributed by atoms with van der Waals surface area (Å²) in [6.45, 7) is 6.51. The van der Waals surface area contributed by atoms with Crippen molar-refractivity contribution in [2.45, 2.75) is 58.9 Å². The quantitative estimate of drug-likeness (QED) is 0.671. The molecule has 0 radical (unpaired) electrons. The summed E-state index contributed by atoms with van der Waals surface area (Å²) in [5.74, 6) is 0. The molecule has 0 aliphatic rings. The van der Waals surface area contributed by atoms with Crippen LogP contribution in [0.25, 0.3) is 0 Å². The molecule has 1 nitrogen and oxygen atoms in total. The largest absolute Gasteiger partial charge is 0.313 e. The van der Waals surface area contributed by atoms with Crippen LogP contribution < -0.4 is 5.32 Å². The second-order valence-electron chi connectivity index (χ2n) is 5.15. The van der Waals surface area contributed by atoms with E-state index in [1.165, 1.54) is 48.8 Å². The van der Waals surface area contributed by atoms with Crippen LogP contribution >= 0.6 is 11.6 Å². The lowest BCUT2D eigenvalue weighted by Gasteiger charge is -2.19. The van der Waals surface area contributed by atoms with Crippen molar-refractivity contribution in [2.75, 3.05) is 7.05 Å². The number of hydrogen-bond donors (Lipinski definition) is 1. The number of hydrogen-bond acceptors (Lipinski definition) is 1. The summed E-state index contributed by atoms with van der Waals surface area (Å²) in [4.78, 5) is 0. The van der Waals surface area contributed by atoms with Crippen LogP contribution in [0.1, 0.15) is 61.8 Å². The molecule has 0 spiro atoms. The maximum atomic E-state index is 6.38. The van der Waals surface area contributed by atoms with Crippen LogP contribution in [0.2, 0.25) is 5.02 Å². The zero-order valence-corrected chi connectivity index (χ0v) is 12.9. The standard InChI is InChI=1S/C16H26ClN/c1-5-6-7-8-9-16(18-4)14-10-12(2)13(3)11-15(14)17/h10-11,16,18H,5-9H2,1-4H3. The van der Waals surface area contributed by atoms with Crippen molar-refractivity contribution in [1.29, 1.82) is 0 Å². The highest BCUT2D eigenvalue weighted by Crippen LogP contribution is 2.29. The Bertz CT molecular complexity index is 374. The molecule has 0 saturated carbocycles. The number of benzene rings is 1. The zero-order valence-electron chi connectivity index (χ0n) is 12.1. The van der Waals surface area contributed by atoms with E-state index in [1.807, 2.05) is 7.05 Å². The van der Waals surface area contributed by atoms with Crippen molar-refractivity contribution < 1.29 is 0 Å². The number of aryl methyl sites for hydroxylation is 2. The highest BCUT2D eigenvalue weighted by atomic mass is 35.5. The van der Waals surface area contributed by atoms with Crippen LogP contribution in [0.4, 0.5) is 0 Å². The summed E-state index contributed by atoms with van der Waals surface area (Å²) in [5, 5.41) is 4.29. The third-order valence-electron chi connectivity index (χ3n) is 3.68. The monoisotopic (exact) mass is 267 g/mol. The van der Waals surface area contributed by atoms with E-state index in [-0.39, 0.29) is 0 Å². The first-order chi connectivity index (χ1) is 8.60. The molecule has 0 heterocycles. The summed E-state index contributed by atoms with van der Waals surface area (Å²) in [6.07, 6.45) is 6.37. The van der Waals surface area contributed by atoms with Gasteiger partial charge in [-0.05, 0) is 50.1 Å². The molecular formula is C16H26ClN. The van der Waals surface area contributed by atoms with Crippen LogP contribution in [0.5, 0.6) is 0 Å². The van der Waals surface area contributed by atoms with Crippen molar-refractivity contribution in [3.63, 3.8) is 0 Å². The van der Waals surface area contributed by atoms with E-state index in [4.69, 9.17) is 11.6 Å². The topological polar surface area (TPSA) is 12.0 Å². The van der Waals surface area contributed by atoms with Crippen molar-refractivity contribution in [1.82, 2.24) is 5.32 Å². The van der Waals surface area contributed by atoms with E-state index in [0.717, 1.165) is 5.02 Å². The highest BCUT2D eigenvalue weighted by molar-refractivity contribution is 6.31. The lowest BCUT2D eigenvalue weighted by Crippen LogP contribution is -2.17. The molecule has 1 N–H and O–H groups in total. The molecule has 0 aliphatic heterocycles. The SMILES string of the molecule is CCCCCCC(NC)c1cc(C)c(C)cc1Cl. The first-order valence-electron chi connectivity index (χ1n) is 7.04. The van der Waals surface area contributed by atoms with E-state index in [0.29, 0.717) is 6.04 Å². The minimum Gasteiger partial charge on any atom is -0.313 e. The van der Waals surface area contributed by atoms with Crippen LogP contribution in [-0.2, 0) is 0 Å². The number of rotatable bonds is 7. The summed E-state index contributed by atoms with van der Waals surface area (Å²) in [5.41, 5.74) is 3.84. The van der Waals surface area contributed by atoms with E-state index in [1.54, 1.807) is 0 Å². The fourth-order valence-electron chi connectivity index (χ4n) is 2.30. The van der Waals surface area contributed by atoms with Gasteiger partial charge in [0.15, 0.2) is 0 Å². The van der Waals surface area contributed by atoms with Gasteiger partial charge in [0.05, 0.1) is 0 Å². The fraction of sp³-hybridized carbons (Fsp3) is 0.625. The molecule has 0 saturated heterocycles. The van der Waals surface area contributed by atoms with Crippen molar-refractivity contribution in [3.05, 3.63) is 33.8 Å². The molecular weight excluding hydrogens is 242 g/mol. The van der Waals surface area contributed by atoms with Gasteiger partial charge >= 0.3 is 0 Å². The van der Waals surface area contributed by atoms with Crippen molar-refractivity contribution >= 4 is 11.6 Å². The Balaban J connectivity index is 2.72. The summed E-state index contributed by atoms with van der Waals surface area (Å²) >= 11 is 6.38. The minimum atomic E-state index is 0.383. The van der Waals surface area contributed by atoms with Gasteiger partial charge in [0.2, 0.25) is 0 Å². The van der Waals surface area contributed by atoms with Crippen LogP contribution in [-0.4, -0.2) is 7.05 Å². The average molecular weight is 268 g/mol. The first kappa shape index (κ1) is 15.5. The molecule has 0 aromatic heterocycles. The lowest BCUT2D eigenvalue weighted by atomic mass is 9.97. The maximum Gasteiger partial charge on any atom is 0.0456 e. The molecule has 1 aromatic carbocycles. The third-order valence-corrected chi connectivity index (χ3v) is 4.01. The molecule has 0 aliphatic carbocycles. The zero-order chi connectivity index (χ0) is 13.5. The second-order valence-corrected chi connectivity index (χ2v) is 5.56. The lowest BCUT2D eigenvalue weighted by molar-refractivity contribution is 0.505. The highest BCUT2D eigenvalue weighted by Gasteiger charge is 2.13. The molecule has 1 rings (SSSR count). The van der Waals surface area contributed by atoms with Gasteiger partial charge in [-0.15, -0.1) is 0 Å². The smallest absolute Gasteiger partial charge is 0.0456 e. The summed E-state index contributed by atoms with van der Waals surface area (Å²) in [6, 6.07) is 4.70. The summed E-state index contributed by atoms with van der Waals surface area (Å²) in [7, 11) is 2.02. The predicted octanol–water partition coefficient (Wildman–Crippen LogP) is 5.19. The Morgan fingerprint density at radius 1 is 1.11 bits per heavy atom. The summed E-state index contributed by atoms with van der Waals surface area (Å²) < 4.78 is 0. The Kier molecular flexibility index (Phi) is 6.73. The van der Waals surface area contributed by atoms with E-state index < -0.39 is 0 Å².